The van der Waals surface area contributed by atoms with Gasteiger partial charge in [0.25, 0.3) is 0 Å². The van der Waals surface area contributed by atoms with Crippen LogP contribution in [0.3, 0.4) is 0 Å². The summed E-state index contributed by atoms with van der Waals surface area (Å²) < 4.78 is 1.34. The molecule has 0 unspecified atom stereocenters. The molecule has 3 aromatic carbocycles. The molecule has 4 rings (SSSR count). The van der Waals surface area contributed by atoms with E-state index in [0.717, 1.165) is 0 Å². The molecule has 0 nitrogen and oxygen atoms in total. The van der Waals surface area contributed by atoms with Gasteiger partial charge in [0.2, 0.25) is 0 Å². The number of hydrogen-bond acceptors (Lipinski definition) is 1. The molecule has 1 heteroatoms. The van der Waals surface area contributed by atoms with E-state index in [4.69, 9.17) is 0 Å². The molecule has 0 bridgehead atoms. The van der Waals surface area contributed by atoms with E-state index in [1.54, 1.807) is 0 Å². The minimum absolute atomic E-state index is 1.27. The van der Waals surface area contributed by atoms with Crippen molar-refractivity contribution in [2.75, 3.05) is 0 Å². The van der Waals surface area contributed by atoms with Gasteiger partial charge in [-0.2, -0.15) is 0 Å². The Balaban J connectivity index is 1.91. The van der Waals surface area contributed by atoms with Crippen molar-refractivity contribution in [1.82, 2.24) is 0 Å². The Hall–Kier alpha value is -2.38. The Morgan fingerprint density at radius 1 is 0.571 bits per heavy atom. The van der Waals surface area contributed by atoms with Crippen molar-refractivity contribution in [3.8, 4) is 22.3 Å². The smallest absolute Gasteiger partial charge is 0.0349 e. The van der Waals surface area contributed by atoms with E-state index in [1.807, 2.05) is 11.3 Å². The van der Waals surface area contributed by atoms with Gasteiger partial charge in [-0.05, 0) is 34.2 Å². The van der Waals surface area contributed by atoms with Crippen LogP contribution in [0, 0.1) is 0 Å². The molecular formula is C20H14S. The summed E-state index contributed by atoms with van der Waals surface area (Å²) in [5.41, 5.74) is 5.16. The van der Waals surface area contributed by atoms with Crippen LogP contribution >= 0.6 is 11.3 Å². The minimum atomic E-state index is 1.27. The molecule has 0 saturated heterocycles. The monoisotopic (exact) mass is 286 g/mol. The second kappa shape index (κ2) is 5.19. The van der Waals surface area contributed by atoms with E-state index in [9.17, 15) is 0 Å². The number of hydrogen-bond donors (Lipinski definition) is 0. The topological polar surface area (TPSA) is 0 Å². The SMILES string of the molecule is c1ccc(-c2ccc3scc(-c4ccccc4)c3c2)cc1. The molecule has 0 N–H and O–H groups in total. The Labute approximate surface area is 128 Å². The summed E-state index contributed by atoms with van der Waals surface area (Å²) in [6.45, 7) is 0. The van der Waals surface area contributed by atoms with E-state index in [0.29, 0.717) is 0 Å². The highest BCUT2D eigenvalue weighted by Gasteiger charge is 2.07. The molecule has 4 aromatic rings. The third-order valence-electron chi connectivity index (χ3n) is 3.77. The number of fused-ring (bicyclic) bond motifs is 1. The lowest BCUT2D eigenvalue weighted by Crippen LogP contribution is -1.78. The van der Waals surface area contributed by atoms with Crippen LogP contribution in [-0.2, 0) is 0 Å². The molecule has 0 aliphatic carbocycles. The maximum atomic E-state index is 2.31. The van der Waals surface area contributed by atoms with Gasteiger partial charge in [-0.3, -0.25) is 0 Å². The zero-order valence-corrected chi connectivity index (χ0v) is 12.3. The average molecular weight is 286 g/mol. The number of rotatable bonds is 2. The van der Waals surface area contributed by atoms with Crippen LogP contribution in [0.2, 0.25) is 0 Å². The highest BCUT2D eigenvalue weighted by atomic mass is 32.1. The molecule has 0 saturated carbocycles. The third-order valence-corrected chi connectivity index (χ3v) is 4.73. The van der Waals surface area contributed by atoms with E-state index in [2.05, 4.69) is 84.2 Å². The zero-order chi connectivity index (χ0) is 14.1. The predicted molar refractivity (Wildman–Crippen MR) is 92.7 cm³/mol. The fourth-order valence-corrected chi connectivity index (χ4v) is 3.63. The van der Waals surface area contributed by atoms with Crippen molar-refractivity contribution < 1.29 is 0 Å². The van der Waals surface area contributed by atoms with Crippen molar-refractivity contribution in [2.45, 2.75) is 0 Å². The Morgan fingerprint density at radius 2 is 1.24 bits per heavy atom. The van der Waals surface area contributed by atoms with Crippen LogP contribution in [0.5, 0.6) is 0 Å². The lowest BCUT2D eigenvalue weighted by molar-refractivity contribution is 1.65. The first-order valence-corrected chi connectivity index (χ1v) is 7.92. The van der Waals surface area contributed by atoms with Gasteiger partial charge in [-0.1, -0.05) is 66.7 Å². The van der Waals surface area contributed by atoms with Crippen LogP contribution in [0.25, 0.3) is 32.3 Å². The van der Waals surface area contributed by atoms with Crippen LogP contribution in [0.4, 0.5) is 0 Å². The summed E-state index contributed by atoms with van der Waals surface area (Å²) in [6.07, 6.45) is 0. The summed E-state index contributed by atoms with van der Waals surface area (Å²) in [5.74, 6) is 0. The Morgan fingerprint density at radius 3 is 1.95 bits per heavy atom. The van der Waals surface area contributed by atoms with Crippen molar-refractivity contribution >= 4 is 21.4 Å². The maximum Gasteiger partial charge on any atom is 0.0349 e. The van der Waals surface area contributed by atoms with Gasteiger partial charge in [0, 0.05) is 15.6 Å². The molecule has 21 heavy (non-hydrogen) atoms. The first-order chi connectivity index (χ1) is 10.4. The highest BCUT2D eigenvalue weighted by Crippen LogP contribution is 2.36. The molecule has 0 atom stereocenters. The van der Waals surface area contributed by atoms with E-state index in [1.165, 1.54) is 32.3 Å². The van der Waals surface area contributed by atoms with E-state index < -0.39 is 0 Å². The predicted octanol–water partition coefficient (Wildman–Crippen LogP) is 6.24. The summed E-state index contributed by atoms with van der Waals surface area (Å²) in [7, 11) is 0. The Bertz CT molecular complexity index is 874. The van der Waals surface area contributed by atoms with Gasteiger partial charge in [0.1, 0.15) is 0 Å². The summed E-state index contributed by atoms with van der Waals surface area (Å²) in [6, 6.07) is 27.9. The summed E-state index contributed by atoms with van der Waals surface area (Å²) in [5, 5.41) is 3.60. The van der Waals surface area contributed by atoms with Crippen molar-refractivity contribution in [1.29, 1.82) is 0 Å². The van der Waals surface area contributed by atoms with Crippen molar-refractivity contribution in [3.63, 3.8) is 0 Å². The lowest BCUT2D eigenvalue weighted by atomic mass is 10.00. The van der Waals surface area contributed by atoms with Gasteiger partial charge < -0.3 is 0 Å². The van der Waals surface area contributed by atoms with Crippen molar-refractivity contribution in [2.24, 2.45) is 0 Å². The standard InChI is InChI=1S/C20H14S/c1-3-7-15(8-4-1)17-11-12-20-18(13-17)19(14-21-20)16-9-5-2-6-10-16/h1-14H. The van der Waals surface area contributed by atoms with E-state index >= 15 is 0 Å². The van der Waals surface area contributed by atoms with Gasteiger partial charge in [0.15, 0.2) is 0 Å². The van der Waals surface area contributed by atoms with Crippen LogP contribution in [0.15, 0.2) is 84.2 Å². The summed E-state index contributed by atoms with van der Waals surface area (Å²) in [4.78, 5) is 0. The van der Waals surface area contributed by atoms with Crippen molar-refractivity contribution in [3.05, 3.63) is 84.2 Å². The molecule has 0 aliphatic rings. The molecule has 100 valence electrons. The Kier molecular flexibility index (Phi) is 3.06. The molecule has 1 aromatic heterocycles. The van der Waals surface area contributed by atoms with Crippen LogP contribution < -0.4 is 0 Å². The summed E-state index contributed by atoms with van der Waals surface area (Å²) >= 11 is 1.81. The second-order valence-corrected chi connectivity index (χ2v) is 6.00. The van der Waals surface area contributed by atoms with Gasteiger partial charge in [-0.25, -0.2) is 0 Å². The lowest BCUT2D eigenvalue weighted by Gasteiger charge is -2.04. The normalized spacial score (nSPS) is 10.9. The van der Waals surface area contributed by atoms with Gasteiger partial charge in [-0.15, -0.1) is 11.3 Å². The quantitative estimate of drug-likeness (QED) is 0.409. The van der Waals surface area contributed by atoms with Crippen LogP contribution in [-0.4, -0.2) is 0 Å². The fraction of sp³-hybridized carbons (Fsp3) is 0. The second-order valence-electron chi connectivity index (χ2n) is 5.09. The molecule has 0 aliphatic heterocycles. The molecule has 1 heterocycles. The van der Waals surface area contributed by atoms with Crippen LogP contribution in [0.1, 0.15) is 0 Å². The number of thiophene rings is 1. The molecule has 0 radical (unpaired) electrons. The highest BCUT2D eigenvalue weighted by molar-refractivity contribution is 7.17. The zero-order valence-electron chi connectivity index (χ0n) is 11.5. The largest absolute Gasteiger partial charge is 0.143 e. The first-order valence-electron chi connectivity index (χ1n) is 7.04. The van der Waals surface area contributed by atoms with Gasteiger partial charge >= 0.3 is 0 Å². The molecule has 0 fully saturated rings. The first kappa shape index (κ1) is 12.4. The maximum absolute atomic E-state index is 2.31. The number of benzene rings is 3. The van der Waals surface area contributed by atoms with Gasteiger partial charge in [0.05, 0.1) is 0 Å². The van der Waals surface area contributed by atoms with E-state index in [-0.39, 0.29) is 0 Å². The minimum Gasteiger partial charge on any atom is -0.143 e. The molecule has 0 spiro atoms. The fourth-order valence-electron chi connectivity index (χ4n) is 2.68. The molecule has 0 amide bonds. The average Bonchev–Trinajstić information content (AvgIpc) is 2.99. The molecular weight excluding hydrogens is 272 g/mol. The third kappa shape index (κ3) is 2.26.